The number of carbonyl (C=O) groups is 1. The molecule has 9 heavy (non-hydrogen) atoms. The highest BCUT2D eigenvalue weighted by molar-refractivity contribution is 5.84. The van der Waals surface area contributed by atoms with E-state index in [0.717, 1.165) is 0 Å². The van der Waals surface area contributed by atoms with E-state index in [1.165, 1.54) is 6.08 Å². The molecular formula is C7H8O2. The standard InChI is InChI=1S/C7H8O2/c1-2-3-6-4-5-7(8)9-6/h2-6H,1H3. The number of esters is 1. The van der Waals surface area contributed by atoms with Crippen molar-refractivity contribution < 1.29 is 9.53 Å². The summed E-state index contributed by atoms with van der Waals surface area (Å²) in [5, 5.41) is 0. The Balaban J connectivity index is 2.50. The molecule has 0 amide bonds. The second-order valence-corrected chi connectivity index (χ2v) is 1.79. The summed E-state index contributed by atoms with van der Waals surface area (Å²) in [5.74, 6) is -0.252. The van der Waals surface area contributed by atoms with E-state index in [1.54, 1.807) is 6.08 Å². The van der Waals surface area contributed by atoms with Crippen molar-refractivity contribution in [3.8, 4) is 0 Å². The highest BCUT2D eigenvalue weighted by atomic mass is 16.5. The van der Waals surface area contributed by atoms with Crippen molar-refractivity contribution in [1.29, 1.82) is 0 Å². The number of hydrogen-bond acceptors (Lipinski definition) is 2. The van der Waals surface area contributed by atoms with Crippen molar-refractivity contribution in [3.63, 3.8) is 0 Å². The predicted octanol–water partition coefficient (Wildman–Crippen LogP) is 1.04. The lowest BCUT2D eigenvalue weighted by molar-refractivity contribution is -0.137. The van der Waals surface area contributed by atoms with E-state index < -0.39 is 0 Å². The van der Waals surface area contributed by atoms with Crippen LogP contribution in [0.4, 0.5) is 0 Å². The Morgan fingerprint density at radius 2 is 2.56 bits per heavy atom. The fourth-order valence-electron chi connectivity index (χ4n) is 0.679. The van der Waals surface area contributed by atoms with Crippen LogP contribution in [0.15, 0.2) is 24.3 Å². The van der Waals surface area contributed by atoms with Gasteiger partial charge in [0, 0.05) is 6.08 Å². The molecule has 0 spiro atoms. The third-order valence-corrected chi connectivity index (χ3v) is 1.06. The van der Waals surface area contributed by atoms with Crippen LogP contribution < -0.4 is 0 Å². The van der Waals surface area contributed by atoms with Gasteiger partial charge in [0.2, 0.25) is 0 Å². The van der Waals surface area contributed by atoms with E-state index in [2.05, 4.69) is 0 Å². The van der Waals surface area contributed by atoms with Gasteiger partial charge in [-0.3, -0.25) is 0 Å². The maximum Gasteiger partial charge on any atom is 0.331 e. The number of rotatable bonds is 1. The Morgan fingerprint density at radius 1 is 1.78 bits per heavy atom. The summed E-state index contributed by atoms with van der Waals surface area (Å²) in [6.07, 6.45) is 6.71. The summed E-state index contributed by atoms with van der Waals surface area (Å²) in [7, 11) is 0. The number of carbonyl (C=O) groups excluding carboxylic acids is 1. The zero-order chi connectivity index (χ0) is 6.69. The van der Waals surface area contributed by atoms with Gasteiger partial charge >= 0.3 is 5.97 Å². The summed E-state index contributed by atoms with van der Waals surface area (Å²) in [6, 6.07) is 0. The van der Waals surface area contributed by atoms with Gasteiger partial charge in [-0.2, -0.15) is 0 Å². The molecule has 0 aliphatic carbocycles. The fraction of sp³-hybridized carbons (Fsp3) is 0.286. The van der Waals surface area contributed by atoms with Gasteiger partial charge in [0.1, 0.15) is 6.10 Å². The zero-order valence-electron chi connectivity index (χ0n) is 5.20. The molecule has 2 heteroatoms. The van der Waals surface area contributed by atoms with Crippen molar-refractivity contribution in [2.75, 3.05) is 0 Å². The third-order valence-electron chi connectivity index (χ3n) is 1.06. The van der Waals surface area contributed by atoms with E-state index in [1.807, 2.05) is 19.1 Å². The first-order chi connectivity index (χ1) is 4.33. The number of cyclic esters (lactones) is 1. The van der Waals surface area contributed by atoms with Crippen LogP contribution in [0.2, 0.25) is 0 Å². The van der Waals surface area contributed by atoms with Crippen LogP contribution in [0.1, 0.15) is 6.92 Å². The Labute approximate surface area is 53.8 Å². The third kappa shape index (κ3) is 1.42. The lowest BCUT2D eigenvalue weighted by atomic mass is 10.3. The first-order valence-corrected chi connectivity index (χ1v) is 2.84. The van der Waals surface area contributed by atoms with Crippen molar-refractivity contribution in [2.24, 2.45) is 0 Å². The van der Waals surface area contributed by atoms with E-state index in [4.69, 9.17) is 4.74 Å². The van der Waals surface area contributed by atoms with E-state index in [9.17, 15) is 4.79 Å². The van der Waals surface area contributed by atoms with E-state index in [0.29, 0.717) is 0 Å². The van der Waals surface area contributed by atoms with Crippen molar-refractivity contribution >= 4 is 5.97 Å². The molecular weight excluding hydrogens is 116 g/mol. The SMILES string of the molecule is CC=CC1C=CC(=O)O1. The molecule has 1 aliphatic heterocycles. The fourth-order valence-corrected chi connectivity index (χ4v) is 0.679. The first-order valence-electron chi connectivity index (χ1n) is 2.84. The van der Waals surface area contributed by atoms with Gasteiger partial charge in [0.05, 0.1) is 0 Å². The van der Waals surface area contributed by atoms with Crippen molar-refractivity contribution in [2.45, 2.75) is 13.0 Å². The smallest absolute Gasteiger partial charge is 0.331 e. The summed E-state index contributed by atoms with van der Waals surface area (Å²) in [6.45, 7) is 1.89. The maximum absolute atomic E-state index is 10.4. The number of allylic oxidation sites excluding steroid dienone is 1. The van der Waals surface area contributed by atoms with E-state index >= 15 is 0 Å². The Kier molecular flexibility index (Phi) is 1.68. The van der Waals surface area contributed by atoms with E-state index in [-0.39, 0.29) is 12.1 Å². The minimum Gasteiger partial charge on any atom is -0.451 e. The molecule has 1 rings (SSSR count). The summed E-state index contributed by atoms with van der Waals surface area (Å²) in [5.41, 5.74) is 0. The van der Waals surface area contributed by atoms with Crippen molar-refractivity contribution in [3.05, 3.63) is 24.3 Å². The highest BCUT2D eigenvalue weighted by Crippen LogP contribution is 2.05. The highest BCUT2D eigenvalue weighted by Gasteiger charge is 2.11. The number of ether oxygens (including phenoxy) is 1. The normalized spacial score (nSPS) is 25.4. The van der Waals surface area contributed by atoms with Crippen molar-refractivity contribution in [1.82, 2.24) is 0 Å². The second-order valence-electron chi connectivity index (χ2n) is 1.79. The molecule has 0 bridgehead atoms. The molecule has 0 fully saturated rings. The van der Waals surface area contributed by atoms with Crippen LogP contribution in [0, 0.1) is 0 Å². The minimum atomic E-state index is -0.252. The molecule has 0 N–H and O–H groups in total. The van der Waals surface area contributed by atoms with Crippen LogP contribution >= 0.6 is 0 Å². The summed E-state index contributed by atoms with van der Waals surface area (Å²) in [4.78, 5) is 10.4. The Bertz CT molecular complexity index is 168. The largest absolute Gasteiger partial charge is 0.451 e. The molecule has 48 valence electrons. The van der Waals surface area contributed by atoms with Gasteiger partial charge < -0.3 is 4.74 Å². The van der Waals surface area contributed by atoms with Crippen LogP contribution in [-0.4, -0.2) is 12.1 Å². The molecule has 0 radical (unpaired) electrons. The van der Waals surface area contributed by atoms with Gasteiger partial charge in [-0.15, -0.1) is 0 Å². The molecule has 1 unspecified atom stereocenters. The van der Waals surface area contributed by atoms with Crippen LogP contribution in [-0.2, 0) is 9.53 Å². The molecule has 0 saturated carbocycles. The van der Waals surface area contributed by atoms with Gasteiger partial charge in [-0.1, -0.05) is 6.08 Å². The average molecular weight is 124 g/mol. The maximum atomic E-state index is 10.4. The van der Waals surface area contributed by atoms with Gasteiger partial charge in [-0.25, -0.2) is 4.79 Å². The first kappa shape index (κ1) is 6.08. The van der Waals surface area contributed by atoms with Gasteiger partial charge in [-0.05, 0) is 19.1 Å². The predicted molar refractivity (Wildman–Crippen MR) is 33.8 cm³/mol. The molecule has 0 aromatic heterocycles. The summed E-state index contributed by atoms with van der Waals surface area (Å²) >= 11 is 0. The molecule has 0 saturated heterocycles. The minimum absolute atomic E-state index is 0.123. The molecule has 2 nitrogen and oxygen atoms in total. The molecule has 0 aromatic carbocycles. The molecule has 1 aliphatic rings. The van der Waals surface area contributed by atoms with Crippen LogP contribution in [0.5, 0.6) is 0 Å². The molecule has 1 atom stereocenters. The Hall–Kier alpha value is -1.05. The second kappa shape index (κ2) is 2.49. The summed E-state index contributed by atoms with van der Waals surface area (Å²) < 4.78 is 4.76. The quantitative estimate of drug-likeness (QED) is 0.385. The van der Waals surface area contributed by atoms with Gasteiger partial charge in [0.25, 0.3) is 0 Å². The molecule has 0 aromatic rings. The lowest BCUT2D eigenvalue weighted by Gasteiger charge is -1.98. The monoisotopic (exact) mass is 124 g/mol. The number of hydrogen-bond donors (Lipinski definition) is 0. The Morgan fingerprint density at radius 3 is 3.00 bits per heavy atom. The average Bonchev–Trinajstić information content (AvgIpc) is 2.17. The van der Waals surface area contributed by atoms with Crippen LogP contribution in [0.3, 0.4) is 0 Å². The topological polar surface area (TPSA) is 26.3 Å². The van der Waals surface area contributed by atoms with Gasteiger partial charge in [0.15, 0.2) is 0 Å². The zero-order valence-corrected chi connectivity index (χ0v) is 5.20. The lowest BCUT2D eigenvalue weighted by Crippen LogP contribution is -2.02. The molecule has 1 heterocycles. The van der Waals surface area contributed by atoms with Crippen LogP contribution in [0.25, 0.3) is 0 Å².